The van der Waals surface area contributed by atoms with Gasteiger partial charge in [0.15, 0.2) is 0 Å². The number of para-hydroxylation sites is 1. The molecule has 0 saturated heterocycles. The predicted molar refractivity (Wildman–Crippen MR) is 75.7 cm³/mol. The number of rotatable bonds is 3. The van der Waals surface area contributed by atoms with Gasteiger partial charge in [-0.15, -0.1) is 0 Å². The standard InChI is InChI=1S/C15H17N3O/c1-3-13-11(7-8-19-13)15-17-14-10(9-16)5-4-6-12(14)18(15)2/h4-8H,3,9,16H2,1-2H3. The molecule has 98 valence electrons. The second-order valence-electron chi connectivity index (χ2n) is 4.59. The van der Waals surface area contributed by atoms with Crippen LogP contribution in [0.4, 0.5) is 0 Å². The van der Waals surface area contributed by atoms with Gasteiger partial charge in [0, 0.05) is 20.0 Å². The van der Waals surface area contributed by atoms with Crippen LogP contribution in [0.25, 0.3) is 22.4 Å². The lowest BCUT2D eigenvalue weighted by molar-refractivity contribution is 0.517. The van der Waals surface area contributed by atoms with Gasteiger partial charge in [0.05, 0.1) is 22.9 Å². The third-order valence-corrected chi connectivity index (χ3v) is 3.52. The molecule has 4 nitrogen and oxygen atoms in total. The fraction of sp³-hybridized carbons (Fsp3) is 0.267. The number of imidazole rings is 1. The third kappa shape index (κ3) is 1.76. The maximum Gasteiger partial charge on any atom is 0.144 e. The van der Waals surface area contributed by atoms with Crippen LogP contribution in [0.15, 0.2) is 34.9 Å². The molecule has 0 aliphatic carbocycles. The number of furan rings is 1. The molecule has 19 heavy (non-hydrogen) atoms. The fourth-order valence-electron chi connectivity index (χ4n) is 2.49. The van der Waals surface area contributed by atoms with Gasteiger partial charge in [0.1, 0.15) is 11.6 Å². The second kappa shape index (κ2) is 4.55. The van der Waals surface area contributed by atoms with Crippen LogP contribution in [0.5, 0.6) is 0 Å². The van der Waals surface area contributed by atoms with Crippen molar-refractivity contribution in [3.63, 3.8) is 0 Å². The summed E-state index contributed by atoms with van der Waals surface area (Å²) in [7, 11) is 2.03. The highest BCUT2D eigenvalue weighted by atomic mass is 16.3. The highest BCUT2D eigenvalue weighted by Crippen LogP contribution is 2.28. The molecule has 0 amide bonds. The Labute approximate surface area is 111 Å². The Morgan fingerprint density at radius 2 is 2.16 bits per heavy atom. The summed E-state index contributed by atoms with van der Waals surface area (Å²) in [4.78, 5) is 4.76. The number of hydrogen-bond acceptors (Lipinski definition) is 3. The van der Waals surface area contributed by atoms with Crippen molar-refractivity contribution in [1.82, 2.24) is 9.55 Å². The van der Waals surface area contributed by atoms with Crippen LogP contribution in [-0.4, -0.2) is 9.55 Å². The van der Waals surface area contributed by atoms with Crippen molar-refractivity contribution in [1.29, 1.82) is 0 Å². The number of nitrogens with two attached hydrogens (primary N) is 1. The zero-order valence-corrected chi connectivity index (χ0v) is 11.2. The maximum atomic E-state index is 5.78. The van der Waals surface area contributed by atoms with Crippen molar-refractivity contribution < 1.29 is 4.42 Å². The van der Waals surface area contributed by atoms with Crippen molar-refractivity contribution in [3.05, 3.63) is 41.9 Å². The molecule has 3 rings (SSSR count). The molecule has 4 heteroatoms. The van der Waals surface area contributed by atoms with Crippen molar-refractivity contribution >= 4 is 11.0 Å². The molecule has 0 atom stereocenters. The molecule has 2 heterocycles. The van der Waals surface area contributed by atoms with Crippen LogP contribution < -0.4 is 5.73 Å². The maximum absolute atomic E-state index is 5.78. The van der Waals surface area contributed by atoms with E-state index >= 15 is 0 Å². The zero-order valence-electron chi connectivity index (χ0n) is 11.2. The van der Waals surface area contributed by atoms with E-state index in [2.05, 4.69) is 17.6 Å². The van der Waals surface area contributed by atoms with E-state index in [1.807, 2.05) is 25.2 Å². The summed E-state index contributed by atoms with van der Waals surface area (Å²) in [5.41, 5.74) is 9.99. The molecular formula is C15H17N3O. The molecule has 0 bridgehead atoms. The average Bonchev–Trinajstić information content (AvgIpc) is 3.03. The summed E-state index contributed by atoms with van der Waals surface area (Å²) in [5, 5.41) is 0. The second-order valence-corrected chi connectivity index (χ2v) is 4.59. The van der Waals surface area contributed by atoms with E-state index in [-0.39, 0.29) is 0 Å². The van der Waals surface area contributed by atoms with E-state index < -0.39 is 0 Å². The number of hydrogen-bond donors (Lipinski definition) is 1. The summed E-state index contributed by atoms with van der Waals surface area (Å²) in [5.74, 6) is 1.90. The monoisotopic (exact) mass is 255 g/mol. The zero-order chi connectivity index (χ0) is 13.4. The minimum Gasteiger partial charge on any atom is -0.469 e. The van der Waals surface area contributed by atoms with Gasteiger partial charge in [0.25, 0.3) is 0 Å². The molecule has 1 aromatic carbocycles. The fourth-order valence-corrected chi connectivity index (χ4v) is 2.49. The number of benzene rings is 1. The molecule has 0 saturated carbocycles. The van der Waals surface area contributed by atoms with E-state index in [4.69, 9.17) is 15.1 Å². The largest absolute Gasteiger partial charge is 0.469 e. The lowest BCUT2D eigenvalue weighted by atomic mass is 10.2. The Kier molecular flexibility index (Phi) is 2.87. The van der Waals surface area contributed by atoms with Gasteiger partial charge in [-0.25, -0.2) is 4.98 Å². The molecule has 2 aromatic heterocycles. The van der Waals surface area contributed by atoms with E-state index in [9.17, 15) is 0 Å². The minimum absolute atomic E-state index is 0.500. The normalized spacial score (nSPS) is 11.3. The van der Waals surface area contributed by atoms with E-state index in [1.54, 1.807) is 6.26 Å². The van der Waals surface area contributed by atoms with E-state index in [0.717, 1.165) is 40.2 Å². The van der Waals surface area contributed by atoms with Crippen molar-refractivity contribution in [2.75, 3.05) is 0 Å². The van der Waals surface area contributed by atoms with Gasteiger partial charge in [-0.05, 0) is 17.7 Å². The van der Waals surface area contributed by atoms with Gasteiger partial charge in [0.2, 0.25) is 0 Å². The molecule has 0 unspecified atom stereocenters. The van der Waals surface area contributed by atoms with Crippen LogP contribution in [0.2, 0.25) is 0 Å². The van der Waals surface area contributed by atoms with Gasteiger partial charge in [-0.3, -0.25) is 0 Å². The summed E-state index contributed by atoms with van der Waals surface area (Å²) in [6.07, 6.45) is 2.58. The Bertz CT molecular complexity index is 724. The van der Waals surface area contributed by atoms with Crippen LogP contribution >= 0.6 is 0 Å². The highest BCUT2D eigenvalue weighted by molar-refractivity contribution is 5.83. The first-order chi connectivity index (χ1) is 9.26. The summed E-state index contributed by atoms with van der Waals surface area (Å²) in [6.45, 7) is 2.58. The lowest BCUT2D eigenvalue weighted by Gasteiger charge is -2.01. The number of aromatic nitrogens is 2. The third-order valence-electron chi connectivity index (χ3n) is 3.52. The van der Waals surface area contributed by atoms with Gasteiger partial charge in [-0.1, -0.05) is 19.1 Å². The Morgan fingerprint density at radius 3 is 2.89 bits per heavy atom. The van der Waals surface area contributed by atoms with Gasteiger partial charge >= 0.3 is 0 Å². The molecule has 0 fully saturated rings. The molecular weight excluding hydrogens is 238 g/mol. The Morgan fingerprint density at radius 1 is 1.32 bits per heavy atom. The molecule has 0 aliphatic heterocycles. The van der Waals surface area contributed by atoms with Crippen LogP contribution in [-0.2, 0) is 20.0 Å². The molecule has 2 N–H and O–H groups in total. The van der Waals surface area contributed by atoms with Crippen molar-refractivity contribution in [3.8, 4) is 11.4 Å². The summed E-state index contributed by atoms with van der Waals surface area (Å²) >= 11 is 0. The first-order valence-electron chi connectivity index (χ1n) is 6.47. The Balaban J connectivity index is 2.28. The molecule has 3 aromatic rings. The Hall–Kier alpha value is -2.07. The number of fused-ring (bicyclic) bond motifs is 1. The lowest BCUT2D eigenvalue weighted by Crippen LogP contribution is -1.97. The minimum atomic E-state index is 0.500. The van der Waals surface area contributed by atoms with Gasteiger partial charge < -0.3 is 14.7 Å². The smallest absolute Gasteiger partial charge is 0.144 e. The molecule has 0 aliphatic rings. The number of aryl methyl sites for hydroxylation is 2. The first kappa shape index (κ1) is 12.0. The SMILES string of the molecule is CCc1occc1-c1nc2c(CN)cccc2n1C. The first-order valence-corrected chi connectivity index (χ1v) is 6.47. The van der Waals surface area contributed by atoms with Crippen LogP contribution in [0, 0.1) is 0 Å². The average molecular weight is 255 g/mol. The molecule has 0 spiro atoms. The van der Waals surface area contributed by atoms with Crippen molar-refractivity contribution in [2.24, 2.45) is 12.8 Å². The summed E-state index contributed by atoms with van der Waals surface area (Å²) in [6, 6.07) is 8.08. The molecule has 0 radical (unpaired) electrons. The van der Waals surface area contributed by atoms with Gasteiger partial charge in [-0.2, -0.15) is 0 Å². The van der Waals surface area contributed by atoms with Crippen LogP contribution in [0.3, 0.4) is 0 Å². The quantitative estimate of drug-likeness (QED) is 0.783. The van der Waals surface area contributed by atoms with Crippen molar-refractivity contribution in [2.45, 2.75) is 19.9 Å². The van der Waals surface area contributed by atoms with E-state index in [0.29, 0.717) is 6.54 Å². The predicted octanol–water partition coefficient (Wildman–Crippen LogP) is 2.85. The van der Waals surface area contributed by atoms with E-state index in [1.165, 1.54) is 0 Å². The van der Waals surface area contributed by atoms with Crippen LogP contribution in [0.1, 0.15) is 18.2 Å². The number of nitrogens with zero attached hydrogens (tertiary/aromatic N) is 2. The topological polar surface area (TPSA) is 57.0 Å². The summed E-state index contributed by atoms with van der Waals surface area (Å²) < 4.78 is 7.59. The highest BCUT2D eigenvalue weighted by Gasteiger charge is 2.16.